The molecule has 0 aromatic heterocycles. The zero-order valence-electron chi connectivity index (χ0n) is 12.3. The average molecular weight is 391 g/mol. The fourth-order valence-corrected chi connectivity index (χ4v) is 2.39. The number of hydrogen-bond donors (Lipinski definition) is 1. The van der Waals surface area contributed by atoms with Crippen molar-refractivity contribution in [2.24, 2.45) is 0 Å². The van der Waals surface area contributed by atoms with Gasteiger partial charge >= 0.3 is 5.97 Å². The van der Waals surface area contributed by atoms with Gasteiger partial charge in [-0.2, -0.15) is 0 Å². The average Bonchev–Trinajstić information content (AvgIpc) is 2.51. The zero-order chi connectivity index (χ0) is 17.9. The Morgan fingerprint density at radius 1 is 1.08 bits per heavy atom. The number of rotatable bonds is 4. The fourth-order valence-electron chi connectivity index (χ4n) is 1.80. The van der Waals surface area contributed by atoms with E-state index in [0.717, 1.165) is 6.07 Å². The van der Waals surface area contributed by atoms with Crippen LogP contribution in [0.15, 0.2) is 36.4 Å². The Balaban J connectivity index is 2.09. The third-order valence-corrected chi connectivity index (χ3v) is 4.16. The fraction of sp³-hybridized carbons (Fsp3) is 0.125. The van der Waals surface area contributed by atoms with Crippen molar-refractivity contribution in [3.63, 3.8) is 0 Å². The van der Waals surface area contributed by atoms with Gasteiger partial charge in [0.05, 0.1) is 20.8 Å². The van der Waals surface area contributed by atoms with Crippen LogP contribution in [0, 0.1) is 5.82 Å². The van der Waals surface area contributed by atoms with Gasteiger partial charge in [0.2, 0.25) is 0 Å². The molecule has 0 aliphatic carbocycles. The maximum Gasteiger partial charge on any atom is 0.343 e. The molecule has 0 heterocycles. The Bertz CT molecular complexity index is 778. The van der Waals surface area contributed by atoms with E-state index in [1.54, 1.807) is 12.1 Å². The van der Waals surface area contributed by atoms with Crippen molar-refractivity contribution in [1.29, 1.82) is 0 Å². The van der Waals surface area contributed by atoms with Crippen molar-refractivity contribution in [2.75, 3.05) is 5.32 Å². The van der Waals surface area contributed by atoms with Gasteiger partial charge in [0, 0.05) is 0 Å². The Hall–Kier alpha value is -1.82. The largest absolute Gasteiger partial charge is 0.449 e. The molecule has 0 aliphatic heterocycles. The summed E-state index contributed by atoms with van der Waals surface area (Å²) in [6, 6.07) is 8.46. The topological polar surface area (TPSA) is 55.4 Å². The van der Waals surface area contributed by atoms with Crippen molar-refractivity contribution >= 4 is 52.4 Å². The summed E-state index contributed by atoms with van der Waals surface area (Å²) in [5, 5.41) is 2.79. The monoisotopic (exact) mass is 389 g/mol. The number of carbonyl (C=O) groups is 2. The van der Waals surface area contributed by atoms with Crippen LogP contribution in [0.1, 0.15) is 17.3 Å². The first kappa shape index (κ1) is 18.5. The number of hydrogen-bond acceptors (Lipinski definition) is 3. The smallest absolute Gasteiger partial charge is 0.343 e. The molecule has 2 aromatic rings. The molecule has 4 nitrogen and oxygen atoms in total. The number of amides is 1. The second kappa shape index (κ2) is 7.83. The second-order valence-corrected chi connectivity index (χ2v) is 5.93. The van der Waals surface area contributed by atoms with E-state index < -0.39 is 29.4 Å². The summed E-state index contributed by atoms with van der Waals surface area (Å²) in [4.78, 5) is 24.1. The van der Waals surface area contributed by atoms with E-state index in [9.17, 15) is 14.0 Å². The predicted molar refractivity (Wildman–Crippen MR) is 91.4 cm³/mol. The molecule has 1 amide bonds. The number of carbonyl (C=O) groups excluding carboxylic acids is 2. The van der Waals surface area contributed by atoms with Crippen molar-refractivity contribution in [3.05, 3.63) is 62.8 Å². The van der Waals surface area contributed by atoms with Crippen LogP contribution >= 0.6 is 34.8 Å². The van der Waals surface area contributed by atoms with Crippen molar-refractivity contribution < 1.29 is 18.7 Å². The van der Waals surface area contributed by atoms with Crippen molar-refractivity contribution in [3.8, 4) is 0 Å². The quantitative estimate of drug-likeness (QED) is 0.750. The minimum atomic E-state index is -1.21. The van der Waals surface area contributed by atoms with E-state index in [2.05, 4.69) is 5.32 Å². The Morgan fingerprint density at radius 3 is 2.38 bits per heavy atom. The van der Waals surface area contributed by atoms with Gasteiger partial charge in [0.1, 0.15) is 11.4 Å². The lowest BCUT2D eigenvalue weighted by Crippen LogP contribution is -2.30. The first-order valence-corrected chi connectivity index (χ1v) is 7.84. The van der Waals surface area contributed by atoms with E-state index in [4.69, 9.17) is 39.5 Å². The molecular weight excluding hydrogens is 380 g/mol. The zero-order valence-corrected chi connectivity index (χ0v) is 14.5. The number of anilines is 1. The molecule has 1 atom stereocenters. The van der Waals surface area contributed by atoms with Gasteiger partial charge in [-0.15, -0.1) is 0 Å². The normalized spacial score (nSPS) is 11.7. The van der Waals surface area contributed by atoms with E-state index in [0.29, 0.717) is 0 Å². The molecule has 2 aromatic carbocycles. The molecule has 0 bridgehead atoms. The lowest BCUT2D eigenvalue weighted by Gasteiger charge is -2.15. The third kappa shape index (κ3) is 4.17. The first-order valence-electron chi connectivity index (χ1n) is 6.71. The summed E-state index contributed by atoms with van der Waals surface area (Å²) < 4.78 is 18.6. The molecule has 24 heavy (non-hydrogen) atoms. The van der Waals surface area contributed by atoms with Crippen LogP contribution in [0.5, 0.6) is 0 Å². The molecule has 0 saturated carbocycles. The maximum absolute atomic E-state index is 13.7. The van der Waals surface area contributed by atoms with Gasteiger partial charge < -0.3 is 10.1 Å². The highest BCUT2D eigenvalue weighted by molar-refractivity contribution is 6.44. The maximum atomic E-state index is 13.7. The summed E-state index contributed by atoms with van der Waals surface area (Å²) in [7, 11) is 0. The van der Waals surface area contributed by atoms with Gasteiger partial charge in [0.15, 0.2) is 6.10 Å². The molecule has 1 N–H and O–H groups in total. The van der Waals surface area contributed by atoms with Gasteiger partial charge in [-0.25, -0.2) is 9.18 Å². The molecular formula is C16H11Cl3FNO3. The lowest BCUT2D eigenvalue weighted by molar-refractivity contribution is -0.123. The van der Waals surface area contributed by atoms with Crippen LogP contribution in [-0.2, 0) is 9.53 Å². The molecule has 0 aliphatic rings. The predicted octanol–water partition coefficient (Wildman–Crippen LogP) is 4.97. The van der Waals surface area contributed by atoms with E-state index in [-0.39, 0.29) is 20.8 Å². The van der Waals surface area contributed by atoms with Crippen LogP contribution < -0.4 is 5.32 Å². The lowest BCUT2D eigenvalue weighted by atomic mass is 10.2. The van der Waals surface area contributed by atoms with Crippen molar-refractivity contribution in [2.45, 2.75) is 13.0 Å². The second-order valence-electron chi connectivity index (χ2n) is 4.73. The van der Waals surface area contributed by atoms with Gasteiger partial charge in [0.25, 0.3) is 5.91 Å². The highest BCUT2D eigenvalue weighted by atomic mass is 35.5. The van der Waals surface area contributed by atoms with Gasteiger partial charge in [-0.1, -0.05) is 46.9 Å². The number of ether oxygens (including phenoxy) is 1. The molecule has 0 spiro atoms. The summed E-state index contributed by atoms with van der Waals surface area (Å²) in [5.41, 5.74) is -0.166. The van der Waals surface area contributed by atoms with Crippen LogP contribution in [0.3, 0.4) is 0 Å². The highest BCUT2D eigenvalue weighted by Crippen LogP contribution is 2.29. The number of benzene rings is 2. The van der Waals surface area contributed by atoms with E-state index in [1.807, 2.05) is 0 Å². The Labute approximate surface area is 152 Å². The number of halogens is 4. The minimum absolute atomic E-state index is 0.106. The Morgan fingerprint density at radius 2 is 1.71 bits per heavy atom. The summed E-state index contributed by atoms with van der Waals surface area (Å²) in [6.07, 6.45) is -1.21. The molecule has 0 unspecified atom stereocenters. The molecule has 0 radical (unpaired) electrons. The number of nitrogens with one attached hydrogen (secondary N) is 1. The van der Waals surface area contributed by atoms with Crippen LogP contribution in [0.25, 0.3) is 0 Å². The van der Waals surface area contributed by atoms with Gasteiger partial charge in [-0.3, -0.25) is 4.79 Å². The molecule has 8 heteroatoms. The van der Waals surface area contributed by atoms with Crippen LogP contribution in [0.2, 0.25) is 15.1 Å². The van der Waals surface area contributed by atoms with Gasteiger partial charge in [-0.05, 0) is 31.2 Å². The SMILES string of the molecule is C[C@H](OC(=O)c1c(F)cccc1Cl)C(=O)Nc1cccc(Cl)c1Cl. The molecule has 126 valence electrons. The molecule has 0 fully saturated rings. The first-order chi connectivity index (χ1) is 11.3. The number of esters is 1. The highest BCUT2D eigenvalue weighted by Gasteiger charge is 2.23. The summed E-state index contributed by atoms with van der Waals surface area (Å²) >= 11 is 17.6. The summed E-state index contributed by atoms with van der Waals surface area (Å²) in [6.45, 7) is 1.33. The third-order valence-electron chi connectivity index (χ3n) is 3.03. The van der Waals surface area contributed by atoms with Crippen molar-refractivity contribution in [1.82, 2.24) is 0 Å². The standard InChI is InChI=1S/C16H11Cl3FNO3/c1-8(15(22)21-12-7-3-5-10(18)14(12)19)24-16(23)13-9(17)4-2-6-11(13)20/h2-8H,1H3,(H,21,22)/t8-/m0/s1. The van der Waals surface area contributed by atoms with Crippen LogP contribution in [0.4, 0.5) is 10.1 Å². The summed E-state index contributed by atoms with van der Waals surface area (Å²) in [5.74, 6) is -2.53. The van der Waals surface area contributed by atoms with Crippen LogP contribution in [-0.4, -0.2) is 18.0 Å². The van der Waals surface area contributed by atoms with E-state index in [1.165, 1.54) is 25.1 Å². The van der Waals surface area contributed by atoms with E-state index >= 15 is 0 Å². The Kier molecular flexibility index (Phi) is 6.04. The molecule has 0 saturated heterocycles. The minimum Gasteiger partial charge on any atom is -0.449 e. The molecule has 2 rings (SSSR count).